The molecule has 110 valence electrons. The van der Waals surface area contributed by atoms with Crippen LogP contribution in [0.4, 0.5) is 17.3 Å². The van der Waals surface area contributed by atoms with Crippen molar-refractivity contribution in [2.75, 3.05) is 36.9 Å². The van der Waals surface area contributed by atoms with E-state index in [1.54, 1.807) is 6.07 Å². The number of benzene rings is 1. The molecule has 0 amide bonds. The average molecular weight is 291 g/mol. The molecule has 3 rings (SSSR count). The van der Waals surface area contributed by atoms with E-state index in [-0.39, 0.29) is 17.3 Å². The van der Waals surface area contributed by atoms with Crippen LogP contribution in [0.25, 0.3) is 11.5 Å². The first-order valence-corrected chi connectivity index (χ1v) is 6.36. The number of nitrogen functional groups attached to an aromatic ring is 1. The Hall–Kier alpha value is -2.68. The first kappa shape index (κ1) is 13.3. The molecule has 2 heterocycles. The van der Waals surface area contributed by atoms with E-state index in [0.29, 0.717) is 37.8 Å². The summed E-state index contributed by atoms with van der Waals surface area (Å²) in [6.45, 7) is 2.58. The lowest BCUT2D eigenvalue weighted by molar-refractivity contribution is -0.383. The predicted octanol–water partition coefficient (Wildman–Crippen LogP) is 1.06. The number of nitrogens with zero attached hydrogens (tertiary/aromatic N) is 4. The van der Waals surface area contributed by atoms with Crippen molar-refractivity contribution in [3.05, 3.63) is 28.3 Å². The lowest BCUT2D eigenvalue weighted by atomic mass is 10.2. The van der Waals surface area contributed by atoms with Crippen LogP contribution in [0.3, 0.4) is 0 Å². The van der Waals surface area contributed by atoms with Gasteiger partial charge in [-0.3, -0.25) is 10.1 Å². The van der Waals surface area contributed by atoms with Gasteiger partial charge in [0.05, 0.1) is 18.1 Å². The van der Waals surface area contributed by atoms with E-state index in [9.17, 15) is 10.1 Å². The highest BCUT2D eigenvalue weighted by atomic mass is 16.6. The Labute approximate surface area is 119 Å². The van der Waals surface area contributed by atoms with Crippen LogP contribution in [0.15, 0.2) is 22.7 Å². The third-order valence-corrected chi connectivity index (χ3v) is 3.18. The molecular weight excluding hydrogens is 278 g/mol. The van der Waals surface area contributed by atoms with Crippen LogP contribution < -0.4 is 10.6 Å². The second-order valence-electron chi connectivity index (χ2n) is 4.53. The summed E-state index contributed by atoms with van der Waals surface area (Å²) >= 11 is 0. The van der Waals surface area contributed by atoms with E-state index in [0.717, 1.165) is 0 Å². The number of rotatable bonds is 3. The molecule has 9 heteroatoms. The molecule has 0 atom stereocenters. The van der Waals surface area contributed by atoms with E-state index in [4.69, 9.17) is 15.0 Å². The van der Waals surface area contributed by atoms with Crippen molar-refractivity contribution in [2.24, 2.45) is 0 Å². The largest absolute Gasteiger partial charge is 0.393 e. The van der Waals surface area contributed by atoms with E-state index in [1.807, 2.05) is 4.90 Å². The van der Waals surface area contributed by atoms with Crippen LogP contribution >= 0.6 is 0 Å². The van der Waals surface area contributed by atoms with Gasteiger partial charge in [0.25, 0.3) is 17.5 Å². The van der Waals surface area contributed by atoms with Gasteiger partial charge < -0.3 is 19.9 Å². The number of anilines is 2. The van der Waals surface area contributed by atoms with E-state index in [2.05, 4.69) is 10.1 Å². The highest BCUT2D eigenvalue weighted by Crippen LogP contribution is 2.28. The Balaban J connectivity index is 1.89. The fourth-order valence-corrected chi connectivity index (χ4v) is 2.06. The van der Waals surface area contributed by atoms with Crippen LogP contribution in [0.5, 0.6) is 0 Å². The molecule has 1 aromatic carbocycles. The van der Waals surface area contributed by atoms with Gasteiger partial charge in [-0.05, 0) is 17.3 Å². The standard InChI is InChI=1S/C12H13N5O4/c13-9-2-1-8(7-10(9)17(18)19)11-14-12(15-21-11)16-3-5-20-6-4-16/h1-2,7H,3-6,13H2. The monoisotopic (exact) mass is 291 g/mol. The van der Waals surface area contributed by atoms with Crippen LogP contribution in [-0.4, -0.2) is 41.4 Å². The van der Waals surface area contributed by atoms with Gasteiger partial charge in [0.15, 0.2) is 0 Å². The summed E-state index contributed by atoms with van der Waals surface area (Å²) in [5.74, 6) is 0.673. The fraction of sp³-hybridized carbons (Fsp3) is 0.333. The highest BCUT2D eigenvalue weighted by molar-refractivity contribution is 5.68. The van der Waals surface area contributed by atoms with Crippen molar-refractivity contribution in [3.63, 3.8) is 0 Å². The third-order valence-electron chi connectivity index (χ3n) is 3.18. The zero-order chi connectivity index (χ0) is 14.8. The smallest absolute Gasteiger partial charge is 0.292 e. The number of nitro benzene ring substituents is 1. The Kier molecular flexibility index (Phi) is 3.40. The van der Waals surface area contributed by atoms with Gasteiger partial charge in [0.2, 0.25) is 0 Å². The quantitative estimate of drug-likeness (QED) is 0.506. The third kappa shape index (κ3) is 2.63. The molecule has 2 N–H and O–H groups in total. The summed E-state index contributed by atoms with van der Waals surface area (Å²) in [5.41, 5.74) is 5.93. The Morgan fingerprint density at radius 2 is 2.10 bits per heavy atom. The Morgan fingerprint density at radius 3 is 2.81 bits per heavy atom. The number of aromatic nitrogens is 2. The van der Waals surface area contributed by atoms with E-state index < -0.39 is 4.92 Å². The van der Waals surface area contributed by atoms with Gasteiger partial charge in [0, 0.05) is 24.7 Å². The Bertz CT molecular complexity index is 665. The van der Waals surface area contributed by atoms with Crippen molar-refractivity contribution in [3.8, 4) is 11.5 Å². The van der Waals surface area contributed by atoms with E-state index >= 15 is 0 Å². The van der Waals surface area contributed by atoms with Gasteiger partial charge in [-0.15, -0.1) is 0 Å². The maximum atomic E-state index is 10.9. The molecule has 1 aliphatic heterocycles. The van der Waals surface area contributed by atoms with E-state index in [1.165, 1.54) is 12.1 Å². The van der Waals surface area contributed by atoms with Crippen LogP contribution in [0.1, 0.15) is 0 Å². The summed E-state index contributed by atoms with van der Waals surface area (Å²) < 4.78 is 10.4. The van der Waals surface area contributed by atoms with Crippen LogP contribution in [-0.2, 0) is 4.74 Å². The lowest BCUT2D eigenvalue weighted by Gasteiger charge is -2.24. The molecule has 1 fully saturated rings. The Morgan fingerprint density at radius 1 is 1.33 bits per heavy atom. The van der Waals surface area contributed by atoms with Crippen molar-refractivity contribution >= 4 is 17.3 Å². The number of hydrogen-bond acceptors (Lipinski definition) is 8. The average Bonchev–Trinajstić information content (AvgIpc) is 2.98. The molecule has 9 nitrogen and oxygen atoms in total. The molecule has 0 spiro atoms. The molecule has 1 saturated heterocycles. The molecule has 0 bridgehead atoms. The van der Waals surface area contributed by atoms with Gasteiger partial charge in [-0.1, -0.05) is 0 Å². The van der Waals surface area contributed by atoms with Crippen molar-refractivity contribution in [2.45, 2.75) is 0 Å². The SMILES string of the molecule is Nc1ccc(-c2nc(N3CCOCC3)no2)cc1[N+](=O)[O-]. The number of hydrogen-bond donors (Lipinski definition) is 1. The van der Waals surface area contributed by atoms with Gasteiger partial charge >= 0.3 is 0 Å². The van der Waals surface area contributed by atoms with Crippen LogP contribution in [0, 0.1) is 10.1 Å². The lowest BCUT2D eigenvalue weighted by Crippen LogP contribution is -2.36. The number of ether oxygens (including phenoxy) is 1. The minimum atomic E-state index is -0.544. The molecular formula is C12H13N5O4. The maximum Gasteiger partial charge on any atom is 0.292 e. The highest BCUT2D eigenvalue weighted by Gasteiger charge is 2.20. The predicted molar refractivity (Wildman–Crippen MR) is 73.8 cm³/mol. The molecule has 0 unspecified atom stereocenters. The topological polar surface area (TPSA) is 121 Å². The van der Waals surface area contributed by atoms with Gasteiger partial charge in [-0.2, -0.15) is 4.98 Å². The van der Waals surface area contributed by atoms with Crippen molar-refractivity contribution in [1.29, 1.82) is 0 Å². The number of morpholine rings is 1. The van der Waals surface area contributed by atoms with Gasteiger partial charge in [-0.25, -0.2) is 0 Å². The number of nitrogens with two attached hydrogens (primary N) is 1. The normalized spacial score (nSPS) is 15.1. The molecule has 21 heavy (non-hydrogen) atoms. The summed E-state index contributed by atoms with van der Waals surface area (Å²) in [6, 6.07) is 4.39. The second kappa shape index (κ2) is 5.37. The summed E-state index contributed by atoms with van der Waals surface area (Å²) in [5, 5.41) is 14.8. The van der Waals surface area contributed by atoms with Gasteiger partial charge in [0.1, 0.15) is 5.69 Å². The zero-order valence-electron chi connectivity index (χ0n) is 11.1. The first-order valence-electron chi connectivity index (χ1n) is 6.36. The molecule has 1 aliphatic rings. The first-order chi connectivity index (χ1) is 10.1. The maximum absolute atomic E-state index is 10.9. The molecule has 2 aromatic rings. The van der Waals surface area contributed by atoms with Crippen molar-refractivity contribution in [1.82, 2.24) is 10.1 Å². The second-order valence-corrected chi connectivity index (χ2v) is 4.53. The number of nitro groups is 1. The zero-order valence-corrected chi connectivity index (χ0v) is 11.1. The van der Waals surface area contributed by atoms with Crippen LogP contribution in [0.2, 0.25) is 0 Å². The summed E-state index contributed by atoms with van der Waals surface area (Å²) in [4.78, 5) is 16.5. The minimum absolute atomic E-state index is 0.0941. The minimum Gasteiger partial charge on any atom is -0.393 e. The summed E-state index contributed by atoms with van der Waals surface area (Å²) in [6.07, 6.45) is 0. The fourth-order valence-electron chi connectivity index (χ4n) is 2.06. The summed E-state index contributed by atoms with van der Waals surface area (Å²) in [7, 11) is 0. The molecule has 1 aromatic heterocycles. The molecule has 0 aliphatic carbocycles. The molecule has 0 saturated carbocycles. The molecule has 0 radical (unpaired) electrons. The van der Waals surface area contributed by atoms with Crippen molar-refractivity contribution < 1.29 is 14.2 Å².